The molecule has 1 fully saturated rings. The molecule has 3 rings (SSSR count). The van der Waals surface area contributed by atoms with Crippen molar-refractivity contribution in [2.24, 2.45) is 0 Å². The van der Waals surface area contributed by atoms with Gasteiger partial charge in [-0.25, -0.2) is 9.40 Å². The van der Waals surface area contributed by atoms with Gasteiger partial charge < -0.3 is 5.32 Å². The lowest BCUT2D eigenvalue weighted by Crippen LogP contribution is -2.49. The van der Waals surface area contributed by atoms with Gasteiger partial charge in [-0.15, -0.1) is 0 Å². The first-order valence-corrected chi connectivity index (χ1v) is 10.3. The van der Waals surface area contributed by atoms with E-state index in [1.54, 1.807) is 25.1 Å². The fourth-order valence-electron chi connectivity index (χ4n) is 3.11. The molecule has 0 bridgehead atoms. The van der Waals surface area contributed by atoms with E-state index in [-0.39, 0.29) is 23.6 Å². The van der Waals surface area contributed by atoms with Crippen LogP contribution in [-0.2, 0) is 9.59 Å². The number of likely N-dealkylation sites (N-methyl/N-ethyl adjacent to an activating group) is 1. The number of thiocarbonyl (C=S) groups is 1. The number of carbonyl (C=O) groups excluding carboxylic acids is 3. The third-order valence-electron chi connectivity index (χ3n) is 4.76. The molecule has 1 atom stereocenters. The first-order chi connectivity index (χ1) is 14.7. The number of benzene rings is 2. The minimum atomic E-state index is -1.04. The van der Waals surface area contributed by atoms with Crippen LogP contribution in [0, 0.1) is 12.7 Å². The minimum absolute atomic E-state index is 0.0581. The summed E-state index contributed by atoms with van der Waals surface area (Å²) in [6.07, 6.45) is -0.260. The Bertz CT molecular complexity index is 1060. The van der Waals surface area contributed by atoms with Crippen LogP contribution in [-0.4, -0.2) is 45.3 Å². The molecule has 0 radical (unpaired) electrons. The monoisotopic (exact) mass is 462 g/mol. The van der Waals surface area contributed by atoms with Gasteiger partial charge in [-0.05, 0) is 62.0 Å². The fourth-order valence-corrected chi connectivity index (χ4v) is 3.68. The molecule has 1 aliphatic heterocycles. The molecule has 7 nitrogen and oxygen atoms in total. The average molecular weight is 463 g/mol. The average Bonchev–Trinajstić information content (AvgIpc) is 2.94. The molecule has 162 valence electrons. The molecule has 1 saturated heterocycles. The number of hydrogen-bond acceptors (Lipinski definition) is 4. The number of anilines is 1. The molecule has 1 aliphatic rings. The van der Waals surface area contributed by atoms with Gasteiger partial charge >= 0.3 is 0 Å². The third-order valence-corrected chi connectivity index (χ3v) is 5.58. The lowest BCUT2D eigenvalue weighted by molar-refractivity contribution is -0.130. The summed E-state index contributed by atoms with van der Waals surface area (Å²) in [5.41, 5.74) is 3.93. The number of hydrogen-bond donors (Lipinski definition) is 2. The minimum Gasteiger partial charge on any atom is -0.326 e. The van der Waals surface area contributed by atoms with Crippen molar-refractivity contribution in [3.63, 3.8) is 0 Å². The maximum absolute atomic E-state index is 13.5. The van der Waals surface area contributed by atoms with E-state index < -0.39 is 29.6 Å². The summed E-state index contributed by atoms with van der Waals surface area (Å²) in [7, 11) is 0. The zero-order chi connectivity index (χ0) is 22.7. The SMILES string of the molecule is CCN1C(=O)C(CC(=O)Nc2ccc(C)c(Cl)c2)N(NC(=O)c2cccc(F)c2)C1=S. The quantitative estimate of drug-likeness (QED) is 0.644. The molecule has 2 aromatic rings. The third kappa shape index (κ3) is 5.00. The van der Waals surface area contributed by atoms with E-state index in [0.717, 1.165) is 11.6 Å². The van der Waals surface area contributed by atoms with Crippen molar-refractivity contribution < 1.29 is 18.8 Å². The van der Waals surface area contributed by atoms with Crippen LogP contribution in [0.1, 0.15) is 29.3 Å². The number of hydrazine groups is 1. The largest absolute Gasteiger partial charge is 0.326 e. The van der Waals surface area contributed by atoms with E-state index >= 15 is 0 Å². The smallest absolute Gasteiger partial charge is 0.269 e. The number of rotatable bonds is 6. The van der Waals surface area contributed by atoms with Crippen molar-refractivity contribution >= 4 is 52.3 Å². The Morgan fingerprint density at radius 1 is 1.23 bits per heavy atom. The highest BCUT2D eigenvalue weighted by Crippen LogP contribution is 2.22. The topological polar surface area (TPSA) is 81.8 Å². The molecular formula is C21H20ClFN4O3S. The number of aryl methyl sites for hydroxylation is 1. The van der Waals surface area contributed by atoms with Crippen LogP contribution in [0.3, 0.4) is 0 Å². The first-order valence-electron chi connectivity index (χ1n) is 9.48. The lowest BCUT2D eigenvalue weighted by Gasteiger charge is -2.24. The van der Waals surface area contributed by atoms with Crippen LogP contribution >= 0.6 is 23.8 Å². The van der Waals surface area contributed by atoms with Crippen LogP contribution in [0.25, 0.3) is 0 Å². The maximum Gasteiger partial charge on any atom is 0.269 e. The van der Waals surface area contributed by atoms with Crippen LogP contribution in [0.2, 0.25) is 5.02 Å². The molecule has 1 heterocycles. The predicted octanol–water partition coefficient (Wildman–Crippen LogP) is 3.28. The van der Waals surface area contributed by atoms with E-state index in [1.165, 1.54) is 28.1 Å². The highest BCUT2D eigenvalue weighted by molar-refractivity contribution is 7.80. The Hall–Kier alpha value is -3.04. The van der Waals surface area contributed by atoms with Crippen molar-refractivity contribution in [1.82, 2.24) is 15.3 Å². The van der Waals surface area contributed by atoms with Crippen molar-refractivity contribution in [1.29, 1.82) is 0 Å². The van der Waals surface area contributed by atoms with Crippen molar-refractivity contribution in [3.8, 4) is 0 Å². The predicted molar refractivity (Wildman–Crippen MR) is 119 cm³/mol. The van der Waals surface area contributed by atoms with Crippen molar-refractivity contribution in [2.75, 3.05) is 11.9 Å². The van der Waals surface area contributed by atoms with Crippen LogP contribution in [0.4, 0.5) is 10.1 Å². The summed E-state index contributed by atoms with van der Waals surface area (Å²) in [5, 5.41) is 4.43. The van der Waals surface area contributed by atoms with Gasteiger partial charge in [-0.3, -0.25) is 24.7 Å². The Balaban J connectivity index is 1.77. The van der Waals surface area contributed by atoms with E-state index in [9.17, 15) is 18.8 Å². The van der Waals surface area contributed by atoms with Gasteiger partial charge in [0.25, 0.3) is 11.8 Å². The number of nitrogens with zero attached hydrogens (tertiary/aromatic N) is 2. The maximum atomic E-state index is 13.5. The van der Waals surface area contributed by atoms with E-state index in [0.29, 0.717) is 10.7 Å². The summed E-state index contributed by atoms with van der Waals surface area (Å²) in [5.74, 6) is -2.09. The van der Waals surface area contributed by atoms with Crippen LogP contribution in [0.15, 0.2) is 42.5 Å². The van der Waals surface area contributed by atoms with Gasteiger partial charge in [-0.2, -0.15) is 0 Å². The summed E-state index contributed by atoms with van der Waals surface area (Å²) in [6.45, 7) is 3.84. The summed E-state index contributed by atoms with van der Waals surface area (Å²) in [4.78, 5) is 39.3. The van der Waals surface area contributed by atoms with Crippen LogP contribution < -0.4 is 10.7 Å². The summed E-state index contributed by atoms with van der Waals surface area (Å²) < 4.78 is 13.5. The first kappa shape index (κ1) is 22.6. The fraction of sp³-hybridized carbons (Fsp3) is 0.238. The van der Waals surface area contributed by atoms with Gasteiger partial charge in [-0.1, -0.05) is 23.7 Å². The van der Waals surface area contributed by atoms with Gasteiger partial charge in [0.15, 0.2) is 5.11 Å². The molecule has 31 heavy (non-hydrogen) atoms. The zero-order valence-electron chi connectivity index (χ0n) is 16.8. The van der Waals surface area contributed by atoms with Crippen molar-refractivity contribution in [2.45, 2.75) is 26.3 Å². The molecule has 2 aromatic carbocycles. The van der Waals surface area contributed by atoms with E-state index in [4.69, 9.17) is 23.8 Å². The normalized spacial score (nSPS) is 15.9. The van der Waals surface area contributed by atoms with E-state index in [2.05, 4.69) is 10.7 Å². The molecule has 3 amide bonds. The molecule has 0 spiro atoms. The van der Waals surface area contributed by atoms with Gasteiger partial charge in [0.2, 0.25) is 5.91 Å². The molecule has 0 aromatic heterocycles. The molecule has 10 heteroatoms. The Labute approximate surface area is 189 Å². The number of halogens is 2. The lowest BCUT2D eigenvalue weighted by atomic mass is 10.1. The van der Waals surface area contributed by atoms with Gasteiger partial charge in [0.05, 0.1) is 6.42 Å². The summed E-state index contributed by atoms with van der Waals surface area (Å²) >= 11 is 11.4. The second-order valence-corrected chi connectivity index (χ2v) is 7.69. The molecule has 1 unspecified atom stereocenters. The molecule has 0 saturated carbocycles. The Kier molecular flexibility index (Phi) is 6.87. The number of carbonyl (C=O) groups is 3. The summed E-state index contributed by atoms with van der Waals surface area (Å²) in [6, 6.07) is 9.14. The number of nitrogens with one attached hydrogen (secondary N) is 2. The standard InChI is InChI=1S/C21H20ClFN4O3S/c1-3-26-20(30)17(11-18(28)24-15-8-7-12(2)16(22)10-15)27(21(26)31)25-19(29)13-5-4-6-14(23)9-13/h4-10,17H,3,11H2,1-2H3,(H,24,28)(H,25,29). The van der Waals surface area contributed by atoms with Crippen LogP contribution in [0.5, 0.6) is 0 Å². The second kappa shape index (κ2) is 9.40. The van der Waals surface area contributed by atoms with Crippen molar-refractivity contribution in [3.05, 3.63) is 64.4 Å². The Morgan fingerprint density at radius 2 is 1.97 bits per heavy atom. The highest BCUT2D eigenvalue weighted by Gasteiger charge is 2.43. The highest BCUT2D eigenvalue weighted by atomic mass is 35.5. The second-order valence-electron chi connectivity index (χ2n) is 6.92. The number of amides is 3. The van der Waals surface area contributed by atoms with Gasteiger partial charge in [0, 0.05) is 22.8 Å². The van der Waals surface area contributed by atoms with Gasteiger partial charge in [0.1, 0.15) is 11.9 Å². The molecule has 2 N–H and O–H groups in total. The molecular weight excluding hydrogens is 443 g/mol. The molecule has 0 aliphatic carbocycles. The zero-order valence-corrected chi connectivity index (χ0v) is 18.4. The van der Waals surface area contributed by atoms with E-state index in [1.807, 2.05) is 6.92 Å². The Morgan fingerprint density at radius 3 is 2.61 bits per heavy atom.